The third-order valence-corrected chi connectivity index (χ3v) is 4.23. The molecule has 1 N–H and O–H groups in total. The van der Waals surface area contributed by atoms with Crippen molar-refractivity contribution in [3.05, 3.63) is 41.7 Å². The van der Waals surface area contributed by atoms with Crippen LogP contribution in [0.5, 0.6) is 5.75 Å². The van der Waals surface area contributed by atoms with Gasteiger partial charge in [-0.25, -0.2) is 4.79 Å². The number of ether oxygens (including phenoxy) is 1. The maximum absolute atomic E-state index is 13.4. The minimum absolute atomic E-state index is 0.0443. The summed E-state index contributed by atoms with van der Waals surface area (Å²) in [6.07, 6.45) is -3.60. The second-order valence-corrected chi connectivity index (χ2v) is 6.98. The van der Waals surface area contributed by atoms with Gasteiger partial charge in [-0.05, 0) is 26.8 Å². The number of aryl methyl sites for hydroxylation is 1. The van der Waals surface area contributed by atoms with Crippen molar-refractivity contribution in [3.8, 4) is 5.75 Å². The molecule has 0 unspecified atom stereocenters. The first-order chi connectivity index (χ1) is 12.6. The highest BCUT2D eigenvalue weighted by Gasteiger charge is 2.39. The molecule has 146 valence electrons. The molecule has 0 radical (unpaired) electrons. The first kappa shape index (κ1) is 19.1. The number of amides is 2. The zero-order valence-electron chi connectivity index (χ0n) is 15.3. The van der Waals surface area contributed by atoms with Crippen molar-refractivity contribution in [1.29, 1.82) is 0 Å². The van der Waals surface area contributed by atoms with Gasteiger partial charge in [0.05, 0.1) is 25.0 Å². The lowest BCUT2D eigenvalue weighted by molar-refractivity contribution is -0.143. The van der Waals surface area contributed by atoms with Crippen LogP contribution in [0.4, 0.5) is 23.7 Å². The minimum atomic E-state index is -4.62. The molecule has 0 fully saturated rings. The largest absolute Gasteiger partial charge is 0.486 e. The second-order valence-electron chi connectivity index (χ2n) is 6.98. The van der Waals surface area contributed by atoms with Crippen LogP contribution in [0.3, 0.4) is 0 Å². The Morgan fingerprint density at radius 1 is 1.33 bits per heavy atom. The third kappa shape index (κ3) is 4.01. The molecule has 1 aliphatic heterocycles. The number of benzene rings is 1. The summed E-state index contributed by atoms with van der Waals surface area (Å²) in [5.41, 5.74) is -1.22. The zero-order valence-corrected chi connectivity index (χ0v) is 15.3. The van der Waals surface area contributed by atoms with E-state index < -0.39 is 23.5 Å². The maximum Gasteiger partial charge on any atom is 0.435 e. The standard InChI is InChI=1S/C18H21F3N4O2/c1-4-25-15(18(19,20)21)13(9-22-25)23-16(26)24-10-12-7-5-6-8-14(12)27-17(2,3)11-24/h5-9H,4,10-11H2,1-3H3,(H,23,26). The van der Waals surface area contributed by atoms with E-state index in [2.05, 4.69) is 10.4 Å². The van der Waals surface area contributed by atoms with E-state index in [1.54, 1.807) is 6.92 Å². The van der Waals surface area contributed by atoms with Crippen molar-refractivity contribution in [2.45, 2.75) is 45.6 Å². The fourth-order valence-corrected chi connectivity index (χ4v) is 3.14. The van der Waals surface area contributed by atoms with Gasteiger partial charge in [-0.2, -0.15) is 18.3 Å². The van der Waals surface area contributed by atoms with Gasteiger partial charge in [-0.1, -0.05) is 18.2 Å². The van der Waals surface area contributed by atoms with Crippen LogP contribution in [0.25, 0.3) is 0 Å². The van der Waals surface area contributed by atoms with E-state index in [-0.39, 0.29) is 25.3 Å². The van der Waals surface area contributed by atoms with E-state index >= 15 is 0 Å². The van der Waals surface area contributed by atoms with Gasteiger partial charge >= 0.3 is 12.2 Å². The topological polar surface area (TPSA) is 59.4 Å². The number of hydrogen-bond donors (Lipinski definition) is 1. The van der Waals surface area contributed by atoms with Gasteiger partial charge < -0.3 is 15.0 Å². The molecule has 0 saturated heterocycles. The van der Waals surface area contributed by atoms with Crippen molar-refractivity contribution < 1.29 is 22.7 Å². The zero-order chi connectivity index (χ0) is 19.8. The number of fused-ring (bicyclic) bond motifs is 1. The number of hydrogen-bond acceptors (Lipinski definition) is 3. The molecule has 1 aromatic carbocycles. The number of alkyl halides is 3. The summed E-state index contributed by atoms with van der Waals surface area (Å²) >= 11 is 0. The maximum atomic E-state index is 13.4. The molecule has 0 atom stereocenters. The third-order valence-electron chi connectivity index (χ3n) is 4.23. The Balaban J connectivity index is 1.88. The number of rotatable bonds is 2. The summed E-state index contributed by atoms with van der Waals surface area (Å²) in [4.78, 5) is 14.2. The van der Waals surface area contributed by atoms with Gasteiger partial charge in [0.25, 0.3) is 0 Å². The molecule has 0 saturated carbocycles. The summed E-state index contributed by atoms with van der Waals surface area (Å²) in [5, 5.41) is 6.09. The first-order valence-electron chi connectivity index (χ1n) is 8.56. The van der Waals surface area contributed by atoms with Crippen LogP contribution < -0.4 is 10.1 Å². The summed E-state index contributed by atoms with van der Waals surface area (Å²) in [6, 6.07) is 6.66. The Bertz CT molecular complexity index is 845. The molecule has 2 heterocycles. The molecule has 1 aliphatic rings. The fourth-order valence-electron chi connectivity index (χ4n) is 3.14. The van der Waals surface area contributed by atoms with Crippen LogP contribution in [-0.2, 0) is 19.3 Å². The van der Waals surface area contributed by atoms with Gasteiger partial charge in [0, 0.05) is 12.1 Å². The Hall–Kier alpha value is -2.71. The van der Waals surface area contributed by atoms with E-state index in [4.69, 9.17) is 4.74 Å². The van der Waals surface area contributed by atoms with Crippen LogP contribution in [0.15, 0.2) is 30.5 Å². The molecule has 27 heavy (non-hydrogen) atoms. The molecular formula is C18H21F3N4O2. The minimum Gasteiger partial charge on any atom is -0.486 e. The second kappa shape index (κ2) is 6.79. The van der Waals surface area contributed by atoms with Gasteiger partial charge in [0.15, 0.2) is 5.69 Å². The Morgan fingerprint density at radius 3 is 2.70 bits per heavy atom. The Labute approximate surface area is 154 Å². The van der Waals surface area contributed by atoms with Crippen molar-refractivity contribution in [2.75, 3.05) is 11.9 Å². The normalized spacial score (nSPS) is 16.3. The van der Waals surface area contributed by atoms with Gasteiger partial charge in [-0.3, -0.25) is 4.68 Å². The molecule has 2 amide bonds. The van der Waals surface area contributed by atoms with E-state index in [9.17, 15) is 18.0 Å². The van der Waals surface area contributed by atoms with Crippen LogP contribution in [-0.4, -0.2) is 32.9 Å². The van der Waals surface area contributed by atoms with E-state index in [0.717, 1.165) is 16.4 Å². The monoisotopic (exact) mass is 382 g/mol. The lowest BCUT2D eigenvalue weighted by Crippen LogP contribution is -2.45. The van der Waals surface area contributed by atoms with Crippen LogP contribution in [0.2, 0.25) is 0 Å². The fraction of sp³-hybridized carbons (Fsp3) is 0.444. The molecule has 0 aliphatic carbocycles. The number of para-hydroxylation sites is 1. The molecule has 1 aromatic heterocycles. The van der Waals surface area contributed by atoms with Gasteiger partial charge in [0.2, 0.25) is 0 Å². The summed E-state index contributed by atoms with van der Waals surface area (Å²) in [7, 11) is 0. The van der Waals surface area contributed by atoms with Crippen molar-refractivity contribution in [1.82, 2.24) is 14.7 Å². The van der Waals surface area contributed by atoms with E-state index in [1.165, 1.54) is 4.90 Å². The molecular weight excluding hydrogens is 361 g/mol. The molecule has 3 rings (SSSR count). The van der Waals surface area contributed by atoms with Gasteiger partial charge in [0.1, 0.15) is 11.4 Å². The number of carbonyl (C=O) groups excluding carboxylic acids is 1. The van der Waals surface area contributed by atoms with Crippen LogP contribution in [0.1, 0.15) is 32.0 Å². The average Bonchev–Trinajstić information content (AvgIpc) is 2.91. The number of carbonyl (C=O) groups is 1. The highest BCUT2D eigenvalue weighted by Crippen LogP contribution is 2.35. The van der Waals surface area contributed by atoms with E-state index in [1.807, 2.05) is 38.1 Å². The number of anilines is 1. The number of aromatic nitrogens is 2. The highest BCUT2D eigenvalue weighted by atomic mass is 19.4. The Morgan fingerprint density at radius 2 is 2.04 bits per heavy atom. The lowest BCUT2D eigenvalue weighted by Gasteiger charge is -2.29. The van der Waals surface area contributed by atoms with Crippen LogP contribution >= 0.6 is 0 Å². The predicted molar refractivity (Wildman–Crippen MR) is 93.5 cm³/mol. The molecule has 0 bridgehead atoms. The lowest BCUT2D eigenvalue weighted by atomic mass is 10.1. The van der Waals surface area contributed by atoms with Gasteiger partial charge in [-0.15, -0.1) is 0 Å². The number of nitrogens with one attached hydrogen (secondary N) is 1. The number of nitrogens with zero attached hydrogens (tertiary/aromatic N) is 3. The van der Waals surface area contributed by atoms with E-state index in [0.29, 0.717) is 5.75 Å². The van der Waals surface area contributed by atoms with Crippen LogP contribution in [0, 0.1) is 0 Å². The molecule has 9 heteroatoms. The predicted octanol–water partition coefficient (Wildman–Crippen LogP) is 4.13. The SMILES string of the molecule is CCn1ncc(NC(=O)N2Cc3ccccc3OC(C)(C)C2)c1C(F)(F)F. The van der Waals surface area contributed by atoms with Crippen molar-refractivity contribution >= 4 is 11.7 Å². The summed E-state index contributed by atoms with van der Waals surface area (Å²) < 4.78 is 46.9. The van der Waals surface area contributed by atoms with Crippen molar-refractivity contribution in [3.63, 3.8) is 0 Å². The van der Waals surface area contributed by atoms with Crippen molar-refractivity contribution in [2.24, 2.45) is 0 Å². The quantitative estimate of drug-likeness (QED) is 0.850. The number of halogens is 3. The Kier molecular flexibility index (Phi) is 4.79. The molecule has 2 aromatic rings. The molecule has 0 spiro atoms. The smallest absolute Gasteiger partial charge is 0.435 e. The average molecular weight is 382 g/mol. The highest BCUT2D eigenvalue weighted by molar-refractivity contribution is 5.90. The molecule has 6 nitrogen and oxygen atoms in total. The first-order valence-corrected chi connectivity index (χ1v) is 8.56. The number of urea groups is 1. The summed E-state index contributed by atoms with van der Waals surface area (Å²) in [5.74, 6) is 0.660. The summed E-state index contributed by atoms with van der Waals surface area (Å²) in [6.45, 7) is 5.70.